The van der Waals surface area contributed by atoms with E-state index in [-0.39, 0.29) is 5.91 Å². The Bertz CT molecular complexity index is 384. The zero-order chi connectivity index (χ0) is 11.6. The summed E-state index contributed by atoms with van der Waals surface area (Å²) in [5, 5.41) is 5.97. The minimum absolute atomic E-state index is 0.00738. The number of aryl methyl sites for hydroxylation is 1. The fourth-order valence-electron chi connectivity index (χ4n) is 1.76. The molecule has 0 aliphatic heterocycles. The van der Waals surface area contributed by atoms with Gasteiger partial charge in [0.05, 0.1) is 10.5 Å². The monoisotopic (exact) mass is 239 g/mol. The Morgan fingerprint density at radius 2 is 2.44 bits per heavy atom. The third kappa shape index (κ3) is 2.41. The quantitative estimate of drug-likeness (QED) is 0.823. The maximum absolute atomic E-state index is 11.7. The van der Waals surface area contributed by atoms with E-state index in [1.54, 1.807) is 11.3 Å². The molecule has 1 heterocycles. The van der Waals surface area contributed by atoms with Crippen molar-refractivity contribution in [2.75, 3.05) is 6.54 Å². The molecule has 0 atom stereocenters. The number of rotatable bonds is 4. The van der Waals surface area contributed by atoms with E-state index >= 15 is 0 Å². The van der Waals surface area contributed by atoms with Crippen molar-refractivity contribution >= 4 is 17.2 Å². The predicted molar refractivity (Wildman–Crippen MR) is 64.3 cm³/mol. The number of aromatic nitrogens is 1. The summed E-state index contributed by atoms with van der Waals surface area (Å²) in [6.45, 7) is 2.60. The Kier molecular flexibility index (Phi) is 3.25. The predicted octanol–water partition coefficient (Wildman–Crippen LogP) is 0.992. The minimum Gasteiger partial charge on any atom is -0.354 e. The standard InChI is InChI=1S/C11H17N3OS/c1-8-7-16-9(14-8)3-6-13-10(15)11(12)4-2-5-11/h7H,2-6,12H2,1H3,(H,13,15). The largest absolute Gasteiger partial charge is 0.354 e. The first kappa shape index (κ1) is 11.5. The fourth-order valence-corrected chi connectivity index (χ4v) is 2.54. The van der Waals surface area contributed by atoms with E-state index in [2.05, 4.69) is 10.3 Å². The lowest BCUT2D eigenvalue weighted by Crippen LogP contribution is -2.58. The van der Waals surface area contributed by atoms with Gasteiger partial charge < -0.3 is 11.1 Å². The SMILES string of the molecule is Cc1csc(CCNC(=O)C2(N)CCC2)n1. The molecule has 0 unspecified atom stereocenters. The lowest BCUT2D eigenvalue weighted by Gasteiger charge is -2.36. The Hall–Kier alpha value is -0.940. The van der Waals surface area contributed by atoms with Gasteiger partial charge in [-0.1, -0.05) is 0 Å². The van der Waals surface area contributed by atoms with Crippen molar-refractivity contribution in [3.05, 3.63) is 16.1 Å². The highest BCUT2D eigenvalue weighted by Crippen LogP contribution is 2.28. The summed E-state index contributed by atoms with van der Waals surface area (Å²) in [6, 6.07) is 0. The van der Waals surface area contributed by atoms with E-state index in [1.807, 2.05) is 12.3 Å². The number of amides is 1. The minimum atomic E-state index is -0.585. The molecule has 1 saturated carbocycles. The van der Waals surface area contributed by atoms with Gasteiger partial charge in [-0.2, -0.15) is 0 Å². The third-order valence-corrected chi connectivity index (χ3v) is 4.02. The van der Waals surface area contributed by atoms with Crippen LogP contribution in [-0.4, -0.2) is 23.0 Å². The average Bonchev–Trinajstić information content (AvgIpc) is 2.60. The number of carbonyl (C=O) groups excluding carboxylic acids is 1. The molecule has 88 valence electrons. The summed E-state index contributed by atoms with van der Waals surface area (Å²) in [4.78, 5) is 16.0. The summed E-state index contributed by atoms with van der Waals surface area (Å²) in [5.74, 6) is -0.00738. The number of nitrogens with zero attached hydrogens (tertiary/aromatic N) is 1. The number of carbonyl (C=O) groups is 1. The Morgan fingerprint density at radius 3 is 2.94 bits per heavy atom. The van der Waals surface area contributed by atoms with E-state index < -0.39 is 5.54 Å². The average molecular weight is 239 g/mol. The molecule has 4 nitrogen and oxygen atoms in total. The second-order valence-electron chi connectivity index (χ2n) is 4.40. The summed E-state index contributed by atoms with van der Waals surface area (Å²) in [7, 11) is 0. The van der Waals surface area contributed by atoms with Crippen LogP contribution in [0.1, 0.15) is 30.0 Å². The number of thiazole rings is 1. The zero-order valence-electron chi connectivity index (χ0n) is 9.45. The molecule has 1 amide bonds. The highest BCUT2D eigenvalue weighted by molar-refractivity contribution is 7.09. The Labute approximate surface area is 99.3 Å². The first-order valence-corrected chi connectivity index (χ1v) is 6.46. The van der Waals surface area contributed by atoms with Crippen molar-refractivity contribution in [1.29, 1.82) is 0 Å². The van der Waals surface area contributed by atoms with Gasteiger partial charge in [-0.3, -0.25) is 4.79 Å². The van der Waals surface area contributed by atoms with Crippen LogP contribution in [0.3, 0.4) is 0 Å². The van der Waals surface area contributed by atoms with Gasteiger partial charge in [-0.15, -0.1) is 11.3 Å². The number of hydrogen-bond donors (Lipinski definition) is 2. The fraction of sp³-hybridized carbons (Fsp3) is 0.636. The van der Waals surface area contributed by atoms with Crippen LogP contribution >= 0.6 is 11.3 Å². The maximum Gasteiger partial charge on any atom is 0.240 e. The lowest BCUT2D eigenvalue weighted by molar-refractivity contribution is -0.129. The second-order valence-corrected chi connectivity index (χ2v) is 5.34. The molecule has 5 heteroatoms. The van der Waals surface area contributed by atoms with E-state index in [0.717, 1.165) is 36.4 Å². The first-order chi connectivity index (χ1) is 7.60. The van der Waals surface area contributed by atoms with Crippen LogP contribution in [0, 0.1) is 6.92 Å². The molecule has 0 spiro atoms. The molecule has 1 aliphatic carbocycles. The van der Waals surface area contributed by atoms with Crippen LogP contribution < -0.4 is 11.1 Å². The van der Waals surface area contributed by atoms with Gasteiger partial charge in [0.15, 0.2) is 0 Å². The molecule has 3 N–H and O–H groups in total. The highest BCUT2D eigenvalue weighted by Gasteiger charge is 2.39. The molecule has 0 radical (unpaired) electrons. The summed E-state index contributed by atoms with van der Waals surface area (Å²) in [5.41, 5.74) is 6.36. The molecular weight excluding hydrogens is 222 g/mol. The van der Waals surface area contributed by atoms with Crippen LogP contribution in [0.5, 0.6) is 0 Å². The molecule has 2 rings (SSSR count). The summed E-state index contributed by atoms with van der Waals surface area (Å²) < 4.78 is 0. The highest BCUT2D eigenvalue weighted by atomic mass is 32.1. The van der Waals surface area contributed by atoms with Crippen molar-refractivity contribution in [2.45, 2.75) is 38.1 Å². The normalized spacial score (nSPS) is 17.9. The topological polar surface area (TPSA) is 68.0 Å². The Balaban J connectivity index is 1.74. The van der Waals surface area contributed by atoms with E-state index in [9.17, 15) is 4.79 Å². The molecule has 1 fully saturated rings. The summed E-state index contributed by atoms with van der Waals surface area (Å²) >= 11 is 1.63. The third-order valence-electron chi connectivity index (χ3n) is 2.99. The lowest BCUT2D eigenvalue weighted by atomic mass is 9.77. The van der Waals surface area contributed by atoms with Crippen molar-refractivity contribution < 1.29 is 4.79 Å². The number of nitrogens with two attached hydrogens (primary N) is 1. The van der Waals surface area contributed by atoms with Gasteiger partial charge in [0.2, 0.25) is 5.91 Å². The van der Waals surface area contributed by atoms with Crippen LogP contribution in [0.2, 0.25) is 0 Å². The molecule has 1 aromatic rings. The maximum atomic E-state index is 11.7. The molecule has 1 aliphatic rings. The number of nitrogens with one attached hydrogen (secondary N) is 1. The van der Waals surface area contributed by atoms with E-state index in [0.29, 0.717) is 6.54 Å². The second kappa shape index (κ2) is 4.51. The van der Waals surface area contributed by atoms with E-state index in [1.165, 1.54) is 0 Å². The summed E-state index contributed by atoms with van der Waals surface area (Å²) in [6.07, 6.45) is 3.49. The molecule has 1 aromatic heterocycles. The molecule has 0 saturated heterocycles. The van der Waals surface area contributed by atoms with Crippen molar-refractivity contribution in [1.82, 2.24) is 10.3 Å². The van der Waals surface area contributed by atoms with E-state index in [4.69, 9.17) is 5.73 Å². The van der Waals surface area contributed by atoms with Crippen LogP contribution in [0.4, 0.5) is 0 Å². The van der Waals surface area contributed by atoms with Gasteiger partial charge >= 0.3 is 0 Å². The van der Waals surface area contributed by atoms with Crippen LogP contribution in [0.25, 0.3) is 0 Å². The van der Waals surface area contributed by atoms with Gasteiger partial charge in [-0.25, -0.2) is 4.98 Å². The van der Waals surface area contributed by atoms with Crippen molar-refractivity contribution in [2.24, 2.45) is 5.73 Å². The molecule has 16 heavy (non-hydrogen) atoms. The first-order valence-electron chi connectivity index (χ1n) is 5.58. The number of hydrogen-bond acceptors (Lipinski definition) is 4. The van der Waals surface area contributed by atoms with Crippen LogP contribution in [0.15, 0.2) is 5.38 Å². The zero-order valence-corrected chi connectivity index (χ0v) is 10.3. The smallest absolute Gasteiger partial charge is 0.240 e. The van der Waals surface area contributed by atoms with Gasteiger partial charge in [-0.05, 0) is 26.2 Å². The van der Waals surface area contributed by atoms with Crippen molar-refractivity contribution in [3.63, 3.8) is 0 Å². The molecule has 0 aromatic carbocycles. The molecule has 0 bridgehead atoms. The van der Waals surface area contributed by atoms with Gasteiger partial charge in [0, 0.05) is 24.0 Å². The van der Waals surface area contributed by atoms with Crippen LogP contribution in [-0.2, 0) is 11.2 Å². The van der Waals surface area contributed by atoms with Gasteiger partial charge in [0.25, 0.3) is 0 Å². The van der Waals surface area contributed by atoms with Gasteiger partial charge in [0.1, 0.15) is 0 Å². The van der Waals surface area contributed by atoms with Crippen molar-refractivity contribution in [3.8, 4) is 0 Å². The Morgan fingerprint density at radius 1 is 1.69 bits per heavy atom. The molecular formula is C11H17N3OS.